The van der Waals surface area contributed by atoms with Crippen LogP contribution in [-0.4, -0.2) is 98.0 Å². The molecular weight excluding hydrogens is 767 g/mol. The minimum atomic E-state index is -3.91. The van der Waals surface area contributed by atoms with Crippen molar-refractivity contribution in [2.45, 2.75) is 120 Å². The van der Waals surface area contributed by atoms with E-state index >= 15 is 0 Å². The van der Waals surface area contributed by atoms with E-state index in [4.69, 9.17) is 23.9 Å². The molecule has 0 unspecified atom stereocenters. The highest BCUT2D eigenvalue weighted by molar-refractivity contribution is 7.91. The van der Waals surface area contributed by atoms with Gasteiger partial charge in [-0.25, -0.2) is 18.2 Å². The summed E-state index contributed by atoms with van der Waals surface area (Å²) >= 11 is 0. The van der Waals surface area contributed by atoms with E-state index in [9.17, 15) is 27.6 Å². The van der Waals surface area contributed by atoms with Crippen LogP contribution >= 0.6 is 0 Å². The van der Waals surface area contributed by atoms with Gasteiger partial charge in [0, 0.05) is 29.9 Å². The molecule has 6 aliphatic rings. The zero-order chi connectivity index (χ0) is 41.1. The molecule has 0 radical (unpaired) electrons. The number of benzene rings is 1. The molecule has 58 heavy (non-hydrogen) atoms. The molecule has 4 aliphatic carbocycles. The molecule has 1 saturated heterocycles. The predicted octanol–water partition coefficient (Wildman–Crippen LogP) is 4.48. The van der Waals surface area contributed by atoms with Crippen LogP contribution in [0.2, 0.25) is 0 Å². The summed E-state index contributed by atoms with van der Waals surface area (Å²) in [4.78, 5) is 62.8. The van der Waals surface area contributed by atoms with E-state index in [1.807, 2.05) is 13.0 Å². The van der Waals surface area contributed by atoms with Crippen LogP contribution in [0.3, 0.4) is 0 Å². The lowest BCUT2D eigenvalue weighted by atomic mass is 9.87. The van der Waals surface area contributed by atoms with E-state index < -0.39 is 68.7 Å². The molecule has 15 nitrogen and oxygen atoms in total. The van der Waals surface area contributed by atoms with Crippen molar-refractivity contribution in [2.24, 2.45) is 23.2 Å². The third kappa shape index (κ3) is 7.92. The first-order valence-electron chi connectivity index (χ1n) is 20.7. The van der Waals surface area contributed by atoms with E-state index in [1.54, 1.807) is 13.2 Å². The number of carbonyl (C=O) groups is 4. The molecular formula is C42H55N5O10S. The fourth-order valence-corrected chi connectivity index (χ4v) is 10.8. The first-order chi connectivity index (χ1) is 27.6. The number of sulfonamides is 1. The quantitative estimate of drug-likeness (QED) is 0.287. The lowest BCUT2D eigenvalue weighted by molar-refractivity contribution is -0.142. The normalized spacial score (nSPS) is 30.9. The number of hydrogen-bond donors (Lipinski definition) is 3. The zero-order valence-corrected chi connectivity index (χ0v) is 34.5. The molecule has 1 aromatic heterocycles. The van der Waals surface area contributed by atoms with Crippen molar-refractivity contribution < 1.29 is 46.5 Å². The number of hydrogen-bond acceptors (Lipinski definition) is 11. The number of nitrogens with zero attached hydrogens (tertiary/aromatic N) is 2. The van der Waals surface area contributed by atoms with Gasteiger partial charge in [0.05, 0.1) is 37.6 Å². The lowest BCUT2D eigenvalue weighted by Gasteiger charge is -2.32. The van der Waals surface area contributed by atoms with Crippen LogP contribution in [0.4, 0.5) is 4.79 Å². The van der Waals surface area contributed by atoms with E-state index in [1.165, 1.54) is 11.0 Å². The van der Waals surface area contributed by atoms with Gasteiger partial charge in [-0.2, -0.15) is 0 Å². The van der Waals surface area contributed by atoms with Gasteiger partial charge in [0.2, 0.25) is 27.7 Å². The van der Waals surface area contributed by atoms with Gasteiger partial charge in [-0.05, 0) is 86.7 Å². The summed E-state index contributed by atoms with van der Waals surface area (Å²) in [6, 6.07) is 3.57. The van der Waals surface area contributed by atoms with E-state index in [0.29, 0.717) is 61.1 Å². The van der Waals surface area contributed by atoms with Crippen LogP contribution in [0.5, 0.6) is 17.4 Å². The van der Waals surface area contributed by atoms with Crippen LogP contribution in [0.15, 0.2) is 30.9 Å². The van der Waals surface area contributed by atoms with Crippen LogP contribution in [0.25, 0.3) is 10.9 Å². The second-order valence-electron chi connectivity index (χ2n) is 17.9. The summed E-state index contributed by atoms with van der Waals surface area (Å²) in [7, 11) is -2.27. The van der Waals surface area contributed by atoms with Crippen molar-refractivity contribution in [1.29, 1.82) is 0 Å². The van der Waals surface area contributed by atoms with Crippen LogP contribution < -0.4 is 29.6 Å². The molecule has 2 aromatic rings. The average Bonchev–Trinajstić information content (AvgIpc) is 4.15. The Hall–Kier alpha value is -4.60. The second-order valence-corrected chi connectivity index (χ2v) is 19.8. The zero-order valence-electron chi connectivity index (χ0n) is 33.7. The van der Waals surface area contributed by atoms with E-state index in [-0.39, 0.29) is 43.2 Å². The molecule has 16 heteroatoms. The number of alkyl carbamates (subject to hydrolysis) is 1. The Morgan fingerprint density at radius 2 is 1.84 bits per heavy atom. The number of amides is 4. The number of methoxy groups -OCH3 is 1. The maximum Gasteiger partial charge on any atom is 0.407 e. The van der Waals surface area contributed by atoms with Gasteiger partial charge in [0.25, 0.3) is 5.91 Å². The largest absolute Gasteiger partial charge is 0.496 e. The molecule has 2 aliphatic heterocycles. The highest BCUT2D eigenvalue weighted by Crippen LogP contribution is 2.56. The van der Waals surface area contributed by atoms with Crippen molar-refractivity contribution in [1.82, 2.24) is 25.2 Å². The van der Waals surface area contributed by atoms with E-state index in [2.05, 4.69) is 41.8 Å². The Kier molecular flexibility index (Phi) is 10.5. The average molecular weight is 822 g/mol. The summed E-state index contributed by atoms with van der Waals surface area (Å²) in [6.07, 6.45) is 6.19. The van der Waals surface area contributed by atoms with Crippen molar-refractivity contribution in [2.75, 3.05) is 26.9 Å². The van der Waals surface area contributed by atoms with Crippen LogP contribution in [0.1, 0.15) is 96.5 Å². The monoisotopic (exact) mass is 821 g/mol. The summed E-state index contributed by atoms with van der Waals surface area (Å²) in [5.41, 5.74) is -0.298. The Bertz CT molecular complexity index is 2120. The smallest absolute Gasteiger partial charge is 0.407 e. The first kappa shape index (κ1) is 40.2. The standard InChI is InChI=1S/C42H55N5O10S/c1-6-25-20-42(25,39(50)46-58(52,53)27-12-13-27)45-37(48)32-15-26-21-47(32)38(49)36(23-10-8-9-11-23)44-40(51)56-22-41(3,4)19-24-14-28(24)29-16-30-31(17-33(29)54-5)43-35(55-7-2)18-34(30)57-26/h6,16-18,23-28,32,36H,1,7-15,19-22H2,2-5H3,(H,44,51)(H,45,48)(H,46,50)/t24-,25-,26-,28+,32+,36+,42-/m1/s1. The van der Waals surface area contributed by atoms with Crippen molar-refractivity contribution in [3.05, 3.63) is 36.4 Å². The summed E-state index contributed by atoms with van der Waals surface area (Å²) in [5.74, 6) is -0.574. The van der Waals surface area contributed by atoms with Gasteiger partial charge in [-0.3, -0.25) is 19.1 Å². The number of cyclic esters (lactones) is 1. The number of pyridine rings is 1. The van der Waals surface area contributed by atoms with Crippen molar-refractivity contribution in [3.63, 3.8) is 0 Å². The van der Waals surface area contributed by atoms with Gasteiger partial charge in [0.15, 0.2) is 0 Å². The van der Waals surface area contributed by atoms with Gasteiger partial charge in [-0.15, -0.1) is 6.58 Å². The van der Waals surface area contributed by atoms with Gasteiger partial charge < -0.3 is 34.5 Å². The Morgan fingerprint density at radius 3 is 2.52 bits per heavy atom. The molecule has 0 spiro atoms. The van der Waals surface area contributed by atoms with Crippen LogP contribution in [0, 0.1) is 23.2 Å². The molecule has 4 saturated carbocycles. The van der Waals surface area contributed by atoms with Gasteiger partial charge >= 0.3 is 6.09 Å². The number of rotatable bonds is 10. The maximum atomic E-state index is 14.9. The Balaban J connectivity index is 1.17. The first-order valence-corrected chi connectivity index (χ1v) is 22.3. The number of fused-ring (bicyclic) bond motifs is 5. The number of nitrogens with one attached hydrogen (secondary N) is 3. The van der Waals surface area contributed by atoms with Gasteiger partial charge in [-0.1, -0.05) is 32.8 Å². The molecule has 8 rings (SSSR count). The number of ether oxygens (including phenoxy) is 4. The SMILES string of the molecule is C=C[C@@H]1C[C@]1(NC(=O)[C@@H]1C[C@@H]2CN1C(=O)[C@H](C1CCCC1)NC(=O)OCC(C)(C)C[C@H]1C[C@@H]1c1cc3c(cc(OCC)nc3cc1OC)O2)C(=O)NS(=O)(=O)C1CC1. The number of carbonyl (C=O) groups excluding carboxylic acids is 4. The summed E-state index contributed by atoms with van der Waals surface area (Å²) in [5, 5.41) is 5.84. The summed E-state index contributed by atoms with van der Waals surface area (Å²) in [6.45, 7) is 10.3. The van der Waals surface area contributed by atoms with Gasteiger partial charge in [0.1, 0.15) is 35.2 Å². The fourth-order valence-electron chi connectivity index (χ4n) is 9.48. The molecule has 7 atom stereocenters. The topological polar surface area (TPSA) is 192 Å². The van der Waals surface area contributed by atoms with E-state index in [0.717, 1.165) is 36.6 Å². The third-order valence-corrected chi connectivity index (χ3v) is 14.7. The fraction of sp³-hybridized carbons (Fsp3) is 0.643. The van der Waals surface area contributed by atoms with Crippen LogP contribution in [-0.2, 0) is 29.1 Å². The highest BCUT2D eigenvalue weighted by atomic mass is 32.2. The third-order valence-electron chi connectivity index (χ3n) is 12.9. The Morgan fingerprint density at radius 1 is 1.09 bits per heavy atom. The highest BCUT2D eigenvalue weighted by Gasteiger charge is 2.62. The Labute approximate surface area is 339 Å². The molecule has 5 fully saturated rings. The number of aromatic nitrogens is 1. The molecule has 1 aromatic carbocycles. The molecule has 3 N–H and O–H groups in total. The summed E-state index contributed by atoms with van der Waals surface area (Å²) < 4.78 is 52.2. The molecule has 3 heterocycles. The maximum absolute atomic E-state index is 14.9. The molecule has 4 amide bonds. The van der Waals surface area contributed by atoms with Crippen molar-refractivity contribution >= 4 is 44.7 Å². The predicted molar refractivity (Wildman–Crippen MR) is 213 cm³/mol. The second kappa shape index (κ2) is 15.2. The minimum absolute atomic E-state index is 0.00840. The van der Waals surface area contributed by atoms with Crippen molar-refractivity contribution in [3.8, 4) is 17.4 Å². The molecule has 314 valence electrons. The minimum Gasteiger partial charge on any atom is -0.496 e. The lowest BCUT2D eigenvalue weighted by Crippen LogP contribution is -2.59. The molecule has 4 bridgehead atoms.